The van der Waals surface area contributed by atoms with Gasteiger partial charge in [-0.3, -0.25) is 0 Å². The summed E-state index contributed by atoms with van der Waals surface area (Å²) >= 11 is 1.41. The average Bonchev–Trinajstić information content (AvgIpc) is 2.92. The molecule has 0 fully saturated rings. The predicted molar refractivity (Wildman–Crippen MR) is 139 cm³/mol. The highest BCUT2D eigenvalue weighted by atomic mass is 32.2. The Kier molecular flexibility index (Phi) is 8.49. The third-order valence-corrected chi connectivity index (χ3v) is 11.0. The van der Waals surface area contributed by atoms with E-state index < -0.39 is 21.5 Å². The number of rotatable bonds is 8. The number of thioether (sulfide) groups is 1. The van der Waals surface area contributed by atoms with Gasteiger partial charge in [0.05, 0.1) is 23.9 Å². The number of carbonyl (C=O) groups excluding carboxylic acids is 1. The van der Waals surface area contributed by atoms with E-state index in [-0.39, 0.29) is 19.2 Å². The molecular weight excluding hydrogens is 475 g/mol. The Hall–Kier alpha value is -1.60. The SMILES string of the molecule is CCCCC1(CC)CN(c2ccccc2)c2cc(SC)c(C(=O)OC)cc2S(=O)(=O)N1PC. The molecule has 2 atom stereocenters. The van der Waals surface area contributed by atoms with Gasteiger partial charge in [-0.25, -0.2) is 13.2 Å². The molecule has 1 heterocycles. The van der Waals surface area contributed by atoms with Gasteiger partial charge < -0.3 is 9.64 Å². The molecule has 33 heavy (non-hydrogen) atoms. The minimum absolute atomic E-state index is 0.0692. The van der Waals surface area contributed by atoms with E-state index in [1.807, 2.05) is 49.3 Å². The number of hydrogen-bond acceptors (Lipinski definition) is 6. The van der Waals surface area contributed by atoms with Crippen molar-refractivity contribution in [1.29, 1.82) is 0 Å². The third kappa shape index (κ3) is 4.81. The highest BCUT2D eigenvalue weighted by Crippen LogP contribution is 2.49. The largest absolute Gasteiger partial charge is 0.465 e. The van der Waals surface area contributed by atoms with Crippen molar-refractivity contribution in [2.24, 2.45) is 0 Å². The first-order valence-electron chi connectivity index (χ1n) is 11.1. The molecule has 0 saturated heterocycles. The molecule has 0 N–H and O–H groups in total. The lowest BCUT2D eigenvalue weighted by Crippen LogP contribution is -2.51. The molecule has 1 aliphatic rings. The minimum Gasteiger partial charge on any atom is -0.465 e. The topological polar surface area (TPSA) is 66.9 Å². The maximum Gasteiger partial charge on any atom is 0.339 e. The molecule has 2 unspecified atom stereocenters. The first-order valence-corrected chi connectivity index (χ1v) is 15.3. The van der Waals surface area contributed by atoms with Gasteiger partial charge in [0.1, 0.15) is 4.90 Å². The van der Waals surface area contributed by atoms with Gasteiger partial charge in [0.2, 0.25) is 10.0 Å². The molecule has 0 aliphatic carbocycles. The van der Waals surface area contributed by atoms with E-state index in [4.69, 9.17) is 4.74 Å². The quantitative estimate of drug-likeness (QED) is 0.251. The lowest BCUT2D eigenvalue weighted by Gasteiger charge is -2.42. The summed E-state index contributed by atoms with van der Waals surface area (Å²) in [7, 11) is -2.48. The molecule has 2 aromatic rings. The van der Waals surface area contributed by atoms with Crippen molar-refractivity contribution in [3.63, 3.8) is 0 Å². The fraction of sp³-hybridized carbons (Fsp3) is 0.458. The van der Waals surface area contributed by atoms with E-state index in [9.17, 15) is 13.2 Å². The molecule has 0 amide bonds. The van der Waals surface area contributed by atoms with Crippen LogP contribution in [-0.4, -0.2) is 50.6 Å². The molecule has 0 bridgehead atoms. The average molecular weight is 509 g/mol. The molecule has 9 heteroatoms. The van der Waals surface area contributed by atoms with Crippen LogP contribution in [0.4, 0.5) is 11.4 Å². The maximum atomic E-state index is 14.2. The second-order valence-electron chi connectivity index (χ2n) is 8.11. The molecule has 0 saturated carbocycles. The number of anilines is 2. The molecule has 180 valence electrons. The summed E-state index contributed by atoms with van der Waals surface area (Å²) in [5.41, 5.74) is 1.26. The normalized spacial score (nSPS) is 20.6. The van der Waals surface area contributed by atoms with E-state index in [0.29, 0.717) is 23.5 Å². The summed E-state index contributed by atoms with van der Waals surface area (Å²) in [4.78, 5) is 15.5. The number of sulfonamides is 1. The summed E-state index contributed by atoms with van der Waals surface area (Å²) in [5, 5.41) is 0. The molecule has 6 nitrogen and oxygen atoms in total. The lowest BCUT2D eigenvalue weighted by atomic mass is 9.89. The molecule has 0 aromatic heterocycles. The third-order valence-electron chi connectivity index (χ3n) is 6.30. The minimum atomic E-state index is -3.86. The highest BCUT2D eigenvalue weighted by Gasteiger charge is 2.47. The Bertz CT molecular complexity index is 1100. The van der Waals surface area contributed by atoms with Crippen LogP contribution in [0.25, 0.3) is 0 Å². The number of para-hydroxylation sites is 1. The number of hydrogen-bond donors (Lipinski definition) is 0. The number of fused-ring (bicyclic) bond motifs is 1. The Morgan fingerprint density at radius 3 is 2.45 bits per heavy atom. The van der Waals surface area contributed by atoms with Crippen LogP contribution in [0, 0.1) is 0 Å². The van der Waals surface area contributed by atoms with E-state index in [1.54, 1.807) is 4.08 Å². The van der Waals surface area contributed by atoms with Crippen molar-refractivity contribution in [2.75, 3.05) is 31.5 Å². The first-order chi connectivity index (χ1) is 15.8. The molecule has 2 aromatic carbocycles. The lowest BCUT2D eigenvalue weighted by molar-refractivity contribution is 0.0596. The van der Waals surface area contributed by atoms with Gasteiger partial charge in [0.15, 0.2) is 0 Å². The van der Waals surface area contributed by atoms with Gasteiger partial charge in [-0.15, -0.1) is 11.8 Å². The van der Waals surface area contributed by atoms with Crippen LogP contribution in [0.3, 0.4) is 0 Å². The van der Waals surface area contributed by atoms with Gasteiger partial charge in [0, 0.05) is 17.1 Å². The molecule has 3 rings (SSSR count). The Morgan fingerprint density at radius 1 is 1.21 bits per heavy atom. The van der Waals surface area contributed by atoms with Gasteiger partial charge >= 0.3 is 5.97 Å². The van der Waals surface area contributed by atoms with Crippen LogP contribution in [-0.2, 0) is 14.8 Å². The number of methoxy groups -OCH3 is 1. The molecule has 0 radical (unpaired) electrons. The number of esters is 1. The Morgan fingerprint density at radius 2 is 1.91 bits per heavy atom. The Balaban J connectivity index is 2.39. The van der Waals surface area contributed by atoms with Crippen molar-refractivity contribution in [3.8, 4) is 0 Å². The summed E-state index contributed by atoms with van der Waals surface area (Å²) in [6, 6.07) is 13.2. The Labute approximate surface area is 204 Å². The van der Waals surface area contributed by atoms with Crippen molar-refractivity contribution >= 4 is 47.9 Å². The number of nitrogens with zero attached hydrogens (tertiary/aromatic N) is 2. The van der Waals surface area contributed by atoms with Crippen molar-refractivity contribution in [2.45, 2.75) is 54.9 Å². The van der Waals surface area contributed by atoms with E-state index in [1.165, 1.54) is 24.9 Å². The van der Waals surface area contributed by atoms with Crippen LogP contribution in [0.15, 0.2) is 52.3 Å². The number of benzene rings is 2. The fourth-order valence-corrected chi connectivity index (χ4v) is 8.86. The van der Waals surface area contributed by atoms with E-state index in [2.05, 4.69) is 18.7 Å². The summed E-state index contributed by atoms with van der Waals surface area (Å²) in [6.45, 7) is 6.67. The molecule has 0 spiro atoms. The van der Waals surface area contributed by atoms with E-state index in [0.717, 1.165) is 24.9 Å². The van der Waals surface area contributed by atoms with Crippen LogP contribution in [0.5, 0.6) is 0 Å². The van der Waals surface area contributed by atoms with Gasteiger partial charge in [0.25, 0.3) is 0 Å². The number of ether oxygens (including phenoxy) is 1. The smallest absolute Gasteiger partial charge is 0.339 e. The zero-order chi connectivity index (χ0) is 24.2. The second kappa shape index (κ2) is 10.8. The maximum absolute atomic E-state index is 14.2. The van der Waals surface area contributed by atoms with Gasteiger partial charge in [-0.05, 0) is 58.8 Å². The molecule has 1 aliphatic heterocycles. The van der Waals surface area contributed by atoms with E-state index >= 15 is 0 Å². The summed E-state index contributed by atoms with van der Waals surface area (Å²) < 4.78 is 35.0. The zero-order valence-corrected chi connectivity index (χ0v) is 22.6. The van der Waals surface area contributed by atoms with Crippen molar-refractivity contribution in [3.05, 3.63) is 48.0 Å². The van der Waals surface area contributed by atoms with Crippen LogP contribution < -0.4 is 4.90 Å². The monoisotopic (exact) mass is 508 g/mol. The van der Waals surface area contributed by atoms with Gasteiger partial charge in [-0.1, -0.05) is 44.9 Å². The number of unbranched alkanes of at least 4 members (excludes halogenated alkanes) is 1. The summed E-state index contributed by atoms with van der Waals surface area (Å²) in [5.74, 6) is -0.536. The van der Waals surface area contributed by atoms with Crippen LogP contribution >= 0.6 is 20.5 Å². The van der Waals surface area contributed by atoms with Gasteiger partial charge in [-0.2, -0.15) is 4.08 Å². The predicted octanol–water partition coefficient (Wildman–Crippen LogP) is 5.90. The number of carbonyl (C=O) groups is 1. The van der Waals surface area contributed by atoms with Crippen LogP contribution in [0.1, 0.15) is 49.9 Å². The van der Waals surface area contributed by atoms with Crippen molar-refractivity contribution < 1.29 is 17.9 Å². The second-order valence-corrected chi connectivity index (χ2v) is 11.9. The molecular formula is C24H33N2O4PS2. The zero-order valence-electron chi connectivity index (χ0n) is 19.9. The van der Waals surface area contributed by atoms with Crippen LogP contribution in [0.2, 0.25) is 0 Å². The highest BCUT2D eigenvalue weighted by molar-refractivity contribution is 7.98. The summed E-state index contributed by atoms with van der Waals surface area (Å²) in [6.07, 6.45) is 5.28. The standard InChI is InChI=1S/C24H33N2O4PS2/c1-6-8-14-24(7-2)17-25(18-12-10-9-11-13-18)20-16-21(32-5)19(23(27)30-3)15-22(20)33(28,29)26(24)31-4/h9-13,15-16,31H,6-8,14,17H2,1-5H3. The first kappa shape index (κ1) is 26.0. The van der Waals surface area contributed by atoms with Crippen molar-refractivity contribution in [1.82, 2.24) is 4.08 Å². The fourth-order valence-electron chi connectivity index (χ4n) is 4.52.